The van der Waals surface area contributed by atoms with Crippen LogP contribution in [0.3, 0.4) is 0 Å². The van der Waals surface area contributed by atoms with E-state index in [0.29, 0.717) is 6.42 Å². The summed E-state index contributed by atoms with van der Waals surface area (Å²) in [7, 11) is 0. The van der Waals surface area contributed by atoms with Gasteiger partial charge in [0.25, 0.3) is 0 Å². The Labute approximate surface area is 120 Å². The van der Waals surface area contributed by atoms with E-state index < -0.39 is 0 Å². The second-order valence-electron chi connectivity index (χ2n) is 5.40. The van der Waals surface area contributed by atoms with Gasteiger partial charge >= 0.3 is 0 Å². The standard InChI is InChI=1S/C17H33NO/c1-3-5-6-7-8-9-10-11-12-13-14-15-17(19)18-16-4-2/h16H,3-15H2,1-2H3. The van der Waals surface area contributed by atoms with Crippen molar-refractivity contribution in [3.63, 3.8) is 0 Å². The number of aliphatic imine (C=N–C) groups is 1. The van der Waals surface area contributed by atoms with Crippen LogP contribution in [0.2, 0.25) is 0 Å². The molecule has 0 aliphatic heterocycles. The Morgan fingerprint density at radius 2 is 1.26 bits per heavy atom. The molecule has 0 spiro atoms. The molecule has 0 saturated heterocycles. The molecule has 0 bridgehead atoms. The Morgan fingerprint density at radius 3 is 1.74 bits per heavy atom. The fourth-order valence-electron chi connectivity index (χ4n) is 2.20. The number of hydrogen-bond donors (Lipinski definition) is 0. The molecule has 0 atom stereocenters. The van der Waals surface area contributed by atoms with Gasteiger partial charge in [0, 0.05) is 12.6 Å². The van der Waals surface area contributed by atoms with Crippen LogP contribution < -0.4 is 0 Å². The fraction of sp³-hybridized carbons (Fsp3) is 0.882. The second kappa shape index (κ2) is 15.4. The second-order valence-corrected chi connectivity index (χ2v) is 5.40. The van der Waals surface area contributed by atoms with Crippen molar-refractivity contribution in [3.05, 3.63) is 0 Å². The van der Waals surface area contributed by atoms with Crippen molar-refractivity contribution in [2.24, 2.45) is 4.99 Å². The minimum Gasteiger partial charge on any atom is -0.273 e. The normalized spacial score (nSPS) is 11.3. The maximum absolute atomic E-state index is 11.3. The highest BCUT2D eigenvalue weighted by Crippen LogP contribution is 2.11. The van der Waals surface area contributed by atoms with E-state index >= 15 is 0 Å². The van der Waals surface area contributed by atoms with Gasteiger partial charge in [-0.1, -0.05) is 78.1 Å². The summed E-state index contributed by atoms with van der Waals surface area (Å²) in [5.74, 6) is 0.0535. The highest BCUT2D eigenvalue weighted by molar-refractivity contribution is 5.84. The van der Waals surface area contributed by atoms with Gasteiger partial charge < -0.3 is 0 Å². The van der Waals surface area contributed by atoms with Crippen LogP contribution in [0.1, 0.15) is 97.3 Å². The first-order chi connectivity index (χ1) is 9.31. The van der Waals surface area contributed by atoms with Gasteiger partial charge in [-0.2, -0.15) is 0 Å². The van der Waals surface area contributed by atoms with Crippen LogP contribution in [0, 0.1) is 0 Å². The third kappa shape index (κ3) is 15.3. The molecule has 0 unspecified atom stereocenters. The molecule has 2 nitrogen and oxygen atoms in total. The maximum atomic E-state index is 11.3. The van der Waals surface area contributed by atoms with E-state index in [-0.39, 0.29) is 5.91 Å². The quantitative estimate of drug-likeness (QED) is 0.311. The van der Waals surface area contributed by atoms with Crippen molar-refractivity contribution in [1.82, 2.24) is 0 Å². The molecule has 0 rings (SSSR count). The molecule has 0 aromatic carbocycles. The number of unbranched alkanes of at least 4 members (excludes halogenated alkanes) is 10. The highest BCUT2D eigenvalue weighted by atomic mass is 16.1. The van der Waals surface area contributed by atoms with E-state index in [2.05, 4.69) is 11.9 Å². The van der Waals surface area contributed by atoms with E-state index in [1.165, 1.54) is 64.2 Å². The summed E-state index contributed by atoms with van der Waals surface area (Å²) < 4.78 is 0. The molecule has 0 fully saturated rings. The van der Waals surface area contributed by atoms with Crippen molar-refractivity contribution >= 4 is 12.1 Å². The SMILES string of the molecule is CCC=NC(=O)CCCCCCCCCCCCC. The predicted molar refractivity (Wildman–Crippen MR) is 84.9 cm³/mol. The molecule has 0 aromatic rings. The first-order valence-electron chi connectivity index (χ1n) is 8.36. The van der Waals surface area contributed by atoms with Crippen molar-refractivity contribution in [3.8, 4) is 0 Å². The lowest BCUT2D eigenvalue weighted by atomic mass is 10.1. The fourth-order valence-corrected chi connectivity index (χ4v) is 2.20. The van der Waals surface area contributed by atoms with Crippen LogP contribution in [0.15, 0.2) is 4.99 Å². The lowest BCUT2D eigenvalue weighted by molar-refractivity contribution is -0.117. The minimum absolute atomic E-state index is 0.0535. The summed E-state index contributed by atoms with van der Waals surface area (Å²) in [5, 5.41) is 0. The van der Waals surface area contributed by atoms with Crippen molar-refractivity contribution in [1.29, 1.82) is 0 Å². The summed E-state index contributed by atoms with van der Waals surface area (Å²) in [4.78, 5) is 15.1. The Hall–Kier alpha value is -0.660. The van der Waals surface area contributed by atoms with Gasteiger partial charge in [0.15, 0.2) is 0 Å². The van der Waals surface area contributed by atoms with Crippen LogP contribution in [0.4, 0.5) is 0 Å². The number of nitrogens with zero attached hydrogens (tertiary/aromatic N) is 1. The Bertz CT molecular complexity index is 223. The van der Waals surface area contributed by atoms with E-state index in [4.69, 9.17) is 0 Å². The Morgan fingerprint density at radius 1 is 0.789 bits per heavy atom. The molecular formula is C17H33NO. The van der Waals surface area contributed by atoms with Gasteiger partial charge in [0.2, 0.25) is 5.91 Å². The number of rotatable bonds is 13. The average Bonchev–Trinajstić information content (AvgIpc) is 2.42. The zero-order valence-corrected chi connectivity index (χ0v) is 13.1. The third-order valence-electron chi connectivity index (χ3n) is 3.41. The summed E-state index contributed by atoms with van der Waals surface area (Å²) >= 11 is 0. The van der Waals surface area contributed by atoms with Crippen LogP contribution in [0.5, 0.6) is 0 Å². The molecule has 19 heavy (non-hydrogen) atoms. The first-order valence-corrected chi connectivity index (χ1v) is 8.36. The van der Waals surface area contributed by atoms with E-state index in [1.54, 1.807) is 6.21 Å². The number of hydrogen-bond acceptors (Lipinski definition) is 1. The molecule has 0 aromatic heterocycles. The van der Waals surface area contributed by atoms with Crippen molar-refractivity contribution < 1.29 is 4.79 Å². The topological polar surface area (TPSA) is 29.4 Å². The molecule has 0 aliphatic rings. The van der Waals surface area contributed by atoms with Gasteiger partial charge in [0.1, 0.15) is 0 Å². The molecule has 0 N–H and O–H groups in total. The van der Waals surface area contributed by atoms with E-state index in [0.717, 1.165) is 12.8 Å². The molecule has 2 heteroatoms. The van der Waals surface area contributed by atoms with Gasteiger partial charge in [-0.25, -0.2) is 4.99 Å². The molecule has 0 radical (unpaired) electrons. The summed E-state index contributed by atoms with van der Waals surface area (Å²) in [5.41, 5.74) is 0. The Balaban J connectivity index is 3.10. The van der Waals surface area contributed by atoms with Gasteiger partial charge in [-0.15, -0.1) is 0 Å². The van der Waals surface area contributed by atoms with Gasteiger partial charge in [0.05, 0.1) is 0 Å². The number of carbonyl (C=O) groups is 1. The van der Waals surface area contributed by atoms with E-state index in [1.807, 2.05) is 6.92 Å². The molecule has 112 valence electrons. The molecule has 0 heterocycles. The summed E-state index contributed by atoms with van der Waals surface area (Å²) in [6.07, 6.45) is 17.7. The van der Waals surface area contributed by atoms with Crippen LogP contribution in [-0.4, -0.2) is 12.1 Å². The van der Waals surface area contributed by atoms with Gasteiger partial charge in [-0.05, 0) is 12.8 Å². The zero-order valence-electron chi connectivity index (χ0n) is 13.1. The monoisotopic (exact) mass is 267 g/mol. The maximum Gasteiger partial charge on any atom is 0.245 e. The molecule has 0 saturated carbocycles. The first kappa shape index (κ1) is 18.3. The highest BCUT2D eigenvalue weighted by Gasteiger charge is 1.97. The van der Waals surface area contributed by atoms with Gasteiger partial charge in [-0.3, -0.25) is 4.79 Å². The van der Waals surface area contributed by atoms with Crippen molar-refractivity contribution in [2.45, 2.75) is 97.3 Å². The zero-order chi connectivity index (χ0) is 14.2. The van der Waals surface area contributed by atoms with E-state index in [9.17, 15) is 4.79 Å². The van der Waals surface area contributed by atoms with Crippen LogP contribution in [0.25, 0.3) is 0 Å². The number of amides is 1. The summed E-state index contributed by atoms with van der Waals surface area (Å²) in [6.45, 7) is 4.26. The smallest absolute Gasteiger partial charge is 0.245 e. The largest absolute Gasteiger partial charge is 0.273 e. The average molecular weight is 267 g/mol. The van der Waals surface area contributed by atoms with Crippen LogP contribution >= 0.6 is 0 Å². The third-order valence-corrected chi connectivity index (χ3v) is 3.41. The Kier molecular flexibility index (Phi) is 14.9. The van der Waals surface area contributed by atoms with Crippen molar-refractivity contribution in [2.75, 3.05) is 0 Å². The van der Waals surface area contributed by atoms with Crippen LogP contribution in [-0.2, 0) is 4.79 Å². The minimum atomic E-state index is 0.0535. The predicted octanol–water partition coefficient (Wildman–Crippen LogP) is 5.69. The molecular weight excluding hydrogens is 234 g/mol. The lowest BCUT2D eigenvalue weighted by Gasteiger charge is -2.01. The molecule has 1 amide bonds. The lowest BCUT2D eigenvalue weighted by Crippen LogP contribution is -1.93. The number of carbonyl (C=O) groups excluding carboxylic acids is 1. The molecule has 0 aliphatic carbocycles. The summed E-state index contributed by atoms with van der Waals surface area (Å²) in [6, 6.07) is 0.